The predicted molar refractivity (Wildman–Crippen MR) is 132 cm³/mol. The molecule has 0 bridgehead atoms. The van der Waals surface area contributed by atoms with Crippen molar-refractivity contribution in [3.05, 3.63) is 89.0 Å². The number of anilines is 1. The molecule has 0 amide bonds. The monoisotopic (exact) mass is 424 g/mol. The van der Waals surface area contributed by atoms with E-state index in [9.17, 15) is 5.11 Å². The standard InChI is InChI=1S/C27H28N4O/c1-18(26-24-16-22(28)8-11-25(24)30-27(26)32)29-23-9-6-19(7-10-23)17-31-14-12-20-4-2-3-5-21(20)13-15-31/h2-11,16,30,32H,12-15,17,28H2,1H3. The van der Waals surface area contributed by atoms with Crippen LogP contribution in [-0.4, -0.2) is 33.8 Å². The number of nitrogen functional groups attached to an aromatic ring is 1. The van der Waals surface area contributed by atoms with Gasteiger partial charge >= 0.3 is 0 Å². The zero-order valence-corrected chi connectivity index (χ0v) is 18.3. The van der Waals surface area contributed by atoms with Crippen LogP contribution in [-0.2, 0) is 19.4 Å². The van der Waals surface area contributed by atoms with Crippen molar-refractivity contribution in [2.45, 2.75) is 26.3 Å². The van der Waals surface area contributed by atoms with Crippen molar-refractivity contribution >= 4 is 28.0 Å². The van der Waals surface area contributed by atoms with E-state index in [0.29, 0.717) is 11.3 Å². The normalized spacial score (nSPS) is 15.0. The largest absolute Gasteiger partial charge is 0.494 e. The summed E-state index contributed by atoms with van der Waals surface area (Å²) in [7, 11) is 0. The lowest BCUT2D eigenvalue weighted by Crippen LogP contribution is -2.25. The van der Waals surface area contributed by atoms with Crippen LogP contribution in [0.1, 0.15) is 29.2 Å². The fourth-order valence-corrected chi connectivity index (χ4v) is 4.62. The summed E-state index contributed by atoms with van der Waals surface area (Å²) < 4.78 is 0. The Balaban J connectivity index is 1.31. The maximum Gasteiger partial charge on any atom is 0.198 e. The van der Waals surface area contributed by atoms with Gasteiger partial charge in [-0.25, -0.2) is 0 Å². The van der Waals surface area contributed by atoms with Crippen LogP contribution < -0.4 is 5.73 Å². The third-order valence-corrected chi connectivity index (χ3v) is 6.32. The molecule has 0 aliphatic carbocycles. The third kappa shape index (κ3) is 4.12. The minimum atomic E-state index is 0.116. The van der Waals surface area contributed by atoms with Gasteiger partial charge in [0.1, 0.15) is 0 Å². The van der Waals surface area contributed by atoms with Crippen molar-refractivity contribution in [2.24, 2.45) is 4.99 Å². The fourth-order valence-electron chi connectivity index (χ4n) is 4.62. The van der Waals surface area contributed by atoms with E-state index in [1.807, 2.05) is 37.3 Å². The number of aromatic amines is 1. The number of hydrogen-bond acceptors (Lipinski definition) is 4. The first kappa shape index (κ1) is 20.3. The lowest BCUT2D eigenvalue weighted by molar-refractivity contribution is 0.279. The van der Waals surface area contributed by atoms with E-state index in [-0.39, 0.29) is 5.88 Å². The highest BCUT2D eigenvalue weighted by Gasteiger charge is 2.15. The van der Waals surface area contributed by atoms with Crippen LogP contribution in [0.15, 0.2) is 71.7 Å². The van der Waals surface area contributed by atoms with E-state index in [2.05, 4.69) is 46.3 Å². The van der Waals surface area contributed by atoms with E-state index in [0.717, 1.165) is 54.8 Å². The van der Waals surface area contributed by atoms with Gasteiger partial charge in [0.05, 0.1) is 17.0 Å². The number of hydrogen-bond donors (Lipinski definition) is 3. The molecule has 4 N–H and O–H groups in total. The van der Waals surface area contributed by atoms with Crippen LogP contribution in [0.2, 0.25) is 0 Å². The molecule has 3 aromatic carbocycles. The molecule has 4 aromatic rings. The van der Waals surface area contributed by atoms with E-state index >= 15 is 0 Å². The van der Waals surface area contributed by atoms with Gasteiger partial charge in [0.2, 0.25) is 0 Å². The minimum absolute atomic E-state index is 0.116. The zero-order valence-electron chi connectivity index (χ0n) is 18.3. The smallest absolute Gasteiger partial charge is 0.198 e. The Kier molecular flexibility index (Phi) is 5.41. The molecule has 0 unspecified atom stereocenters. The van der Waals surface area contributed by atoms with Gasteiger partial charge in [0.15, 0.2) is 5.88 Å². The molecule has 0 fully saturated rings. The number of H-pyrrole nitrogens is 1. The van der Waals surface area contributed by atoms with Crippen molar-refractivity contribution in [1.82, 2.24) is 9.88 Å². The summed E-state index contributed by atoms with van der Waals surface area (Å²) in [5, 5.41) is 11.3. The fraction of sp³-hybridized carbons (Fsp3) is 0.222. The number of aliphatic imine (C=N–C) groups is 1. The second-order valence-corrected chi connectivity index (χ2v) is 8.56. The van der Waals surface area contributed by atoms with Crippen LogP contribution in [0, 0.1) is 0 Å². The number of aromatic nitrogens is 1. The number of fused-ring (bicyclic) bond motifs is 2. The van der Waals surface area contributed by atoms with Crippen molar-refractivity contribution in [3.63, 3.8) is 0 Å². The molecule has 5 rings (SSSR count). The molecule has 1 aromatic heterocycles. The molecule has 0 radical (unpaired) electrons. The highest BCUT2D eigenvalue weighted by Crippen LogP contribution is 2.30. The molecular formula is C27H28N4O. The van der Waals surface area contributed by atoms with Gasteiger partial charge in [-0.05, 0) is 66.8 Å². The Morgan fingerprint density at radius 3 is 2.38 bits per heavy atom. The molecule has 1 aliphatic rings. The molecular weight excluding hydrogens is 396 g/mol. The summed E-state index contributed by atoms with van der Waals surface area (Å²) in [5.41, 5.74) is 14.0. The van der Waals surface area contributed by atoms with Gasteiger partial charge in [0.25, 0.3) is 0 Å². The Morgan fingerprint density at radius 2 is 1.69 bits per heavy atom. The minimum Gasteiger partial charge on any atom is -0.494 e. The van der Waals surface area contributed by atoms with Crippen LogP contribution in [0.25, 0.3) is 10.9 Å². The topological polar surface area (TPSA) is 77.6 Å². The second-order valence-electron chi connectivity index (χ2n) is 8.56. The summed E-state index contributed by atoms with van der Waals surface area (Å²) in [6.07, 6.45) is 2.22. The first-order valence-electron chi connectivity index (χ1n) is 11.1. The van der Waals surface area contributed by atoms with Gasteiger partial charge in [-0.1, -0.05) is 36.4 Å². The molecule has 0 spiro atoms. The first-order valence-corrected chi connectivity index (χ1v) is 11.1. The lowest BCUT2D eigenvalue weighted by Gasteiger charge is -2.19. The zero-order chi connectivity index (χ0) is 22.1. The van der Waals surface area contributed by atoms with Gasteiger partial charge in [0, 0.05) is 36.2 Å². The summed E-state index contributed by atoms with van der Waals surface area (Å²) in [6, 6.07) is 22.7. The highest BCUT2D eigenvalue weighted by molar-refractivity contribution is 6.13. The van der Waals surface area contributed by atoms with Crippen LogP contribution >= 0.6 is 0 Å². The Hall–Kier alpha value is -3.57. The highest BCUT2D eigenvalue weighted by atomic mass is 16.3. The van der Waals surface area contributed by atoms with Gasteiger partial charge in [-0.2, -0.15) is 0 Å². The summed E-state index contributed by atoms with van der Waals surface area (Å²) in [6.45, 7) is 5.02. The first-order chi connectivity index (χ1) is 15.6. The molecule has 32 heavy (non-hydrogen) atoms. The Labute approximate surface area is 188 Å². The van der Waals surface area contributed by atoms with Crippen LogP contribution in [0.3, 0.4) is 0 Å². The predicted octanol–water partition coefficient (Wildman–Crippen LogP) is 5.20. The van der Waals surface area contributed by atoms with Crippen molar-refractivity contribution in [1.29, 1.82) is 0 Å². The Morgan fingerprint density at radius 1 is 1.00 bits per heavy atom. The van der Waals surface area contributed by atoms with Crippen molar-refractivity contribution in [3.8, 4) is 5.88 Å². The van der Waals surface area contributed by atoms with Gasteiger partial charge in [-0.3, -0.25) is 9.89 Å². The van der Waals surface area contributed by atoms with Gasteiger partial charge < -0.3 is 15.8 Å². The average molecular weight is 425 g/mol. The van der Waals surface area contributed by atoms with E-state index in [4.69, 9.17) is 10.7 Å². The number of nitrogens with zero attached hydrogens (tertiary/aromatic N) is 2. The lowest BCUT2D eigenvalue weighted by atomic mass is 10.0. The molecule has 1 aliphatic heterocycles. The molecule has 5 heteroatoms. The van der Waals surface area contributed by atoms with E-state index in [1.165, 1.54) is 16.7 Å². The number of nitrogens with one attached hydrogen (secondary N) is 1. The summed E-state index contributed by atoms with van der Waals surface area (Å²) in [5.74, 6) is 0.116. The van der Waals surface area contributed by atoms with Crippen molar-refractivity contribution in [2.75, 3.05) is 18.8 Å². The Bertz CT molecular complexity index is 1260. The SMILES string of the molecule is CC(=Nc1ccc(CN2CCc3ccccc3CC2)cc1)c1c(O)[nH]c2ccc(N)cc12. The van der Waals surface area contributed by atoms with E-state index < -0.39 is 0 Å². The molecule has 0 saturated carbocycles. The average Bonchev–Trinajstić information content (AvgIpc) is 2.98. The van der Waals surface area contributed by atoms with Crippen molar-refractivity contribution < 1.29 is 5.11 Å². The quantitative estimate of drug-likeness (QED) is 0.311. The molecule has 0 saturated heterocycles. The third-order valence-electron chi connectivity index (χ3n) is 6.32. The van der Waals surface area contributed by atoms with Crippen LogP contribution in [0.4, 0.5) is 11.4 Å². The number of aromatic hydroxyl groups is 1. The maximum atomic E-state index is 10.4. The maximum absolute atomic E-state index is 10.4. The molecule has 2 heterocycles. The van der Waals surface area contributed by atoms with Gasteiger partial charge in [-0.15, -0.1) is 0 Å². The molecule has 0 atom stereocenters. The number of nitrogens with two attached hydrogens (primary N) is 1. The molecule has 162 valence electrons. The number of rotatable bonds is 4. The number of benzene rings is 3. The summed E-state index contributed by atoms with van der Waals surface area (Å²) >= 11 is 0. The van der Waals surface area contributed by atoms with E-state index in [1.54, 1.807) is 0 Å². The molecule has 5 nitrogen and oxygen atoms in total. The van der Waals surface area contributed by atoms with Crippen LogP contribution in [0.5, 0.6) is 5.88 Å². The summed E-state index contributed by atoms with van der Waals surface area (Å²) in [4.78, 5) is 10.3. The second kappa shape index (κ2) is 8.52.